The third-order valence-corrected chi connectivity index (χ3v) is 5.79. The first kappa shape index (κ1) is 14.1. The minimum atomic E-state index is -3.58. The molecule has 0 aromatic carbocycles. The van der Waals surface area contributed by atoms with E-state index in [2.05, 4.69) is 25.0 Å². The average molecular weight is 335 g/mol. The summed E-state index contributed by atoms with van der Waals surface area (Å²) in [4.78, 5) is 2.05. The molecule has 23 heavy (non-hydrogen) atoms. The van der Waals surface area contributed by atoms with E-state index in [1.807, 2.05) is 17.0 Å². The summed E-state index contributed by atoms with van der Waals surface area (Å²) in [5.41, 5.74) is 0.665. The van der Waals surface area contributed by atoms with E-state index in [-0.39, 0.29) is 10.9 Å². The van der Waals surface area contributed by atoms with Crippen LogP contribution in [0.2, 0.25) is 0 Å². The Bertz CT molecular complexity index is 931. The lowest BCUT2D eigenvalue weighted by Crippen LogP contribution is -2.60. The van der Waals surface area contributed by atoms with Crippen molar-refractivity contribution < 1.29 is 12.9 Å². The molecular weight excluding hydrogens is 322 g/mol. The zero-order valence-electron chi connectivity index (χ0n) is 12.1. The fourth-order valence-corrected chi connectivity index (χ4v) is 3.64. The lowest BCUT2D eigenvalue weighted by atomic mass is 10.1. The number of anilines is 1. The van der Waals surface area contributed by atoms with Gasteiger partial charge in [0.1, 0.15) is 23.3 Å². The lowest BCUT2D eigenvalue weighted by molar-refractivity contribution is 0.308. The molecular formula is C12H13N7O3S. The summed E-state index contributed by atoms with van der Waals surface area (Å²) in [6.45, 7) is 1.11. The fourth-order valence-electron chi connectivity index (χ4n) is 2.44. The van der Waals surface area contributed by atoms with Crippen LogP contribution in [0.5, 0.6) is 0 Å². The summed E-state index contributed by atoms with van der Waals surface area (Å²) >= 11 is 0. The van der Waals surface area contributed by atoms with Gasteiger partial charge in [0.05, 0.1) is 12.2 Å². The van der Waals surface area contributed by atoms with E-state index in [0.29, 0.717) is 18.7 Å². The highest BCUT2D eigenvalue weighted by Crippen LogP contribution is 2.25. The van der Waals surface area contributed by atoms with Crippen LogP contribution in [0.1, 0.15) is 0 Å². The number of likely N-dealkylation sites (N-methyl/N-ethyl adjacent to an activating group) is 1. The van der Waals surface area contributed by atoms with Gasteiger partial charge in [0.15, 0.2) is 5.65 Å². The Kier molecular flexibility index (Phi) is 3.06. The smallest absolute Gasteiger partial charge is 0.248 e. The maximum atomic E-state index is 12.4. The summed E-state index contributed by atoms with van der Waals surface area (Å²) in [5, 5.41) is 15.5. The Morgan fingerprint density at radius 2 is 2.17 bits per heavy atom. The van der Waals surface area contributed by atoms with Gasteiger partial charge in [-0.1, -0.05) is 5.16 Å². The molecule has 1 saturated heterocycles. The number of hydrogen-bond donors (Lipinski definition) is 0. The van der Waals surface area contributed by atoms with E-state index in [0.717, 1.165) is 12.1 Å². The molecule has 1 aliphatic rings. The van der Waals surface area contributed by atoms with Crippen LogP contribution in [0.25, 0.3) is 5.65 Å². The molecule has 1 fully saturated rings. The van der Waals surface area contributed by atoms with Gasteiger partial charge in [0.2, 0.25) is 10.0 Å². The van der Waals surface area contributed by atoms with Gasteiger partial charge in [-0.05, 0) is 12.1 Å². The van der Waals surface area contributed by atoms with E-state index in [4.69, 9.17) is 0 Å². The number of hydrogen-bond acceptors (Lipinski definition) is 8. The van der Waals surface area contributed by atoms with Crippen molar-refractivity contribution in [3.63, 3.8) is 0 Å². The maximum absolute atomic E-state index is 12.4. The van der Waals surface area contributed by atoms with Crippen molar-refractivity contribution in [2.75, 3.05) is 25.0 Å². The summed E-state index contributed by atoms with van der Waals surface area (Å²) in [5.74, 6) is 0.754. The van der Waals surface area contributed by atoms with Crippen LogP contribution in [0.3, 0.4) is 0 Å². The lowest BCUT2D eigenvalue weighted by Gasteiger charge is -2.43. The third kappa shape index (κ3) is 2.24. The van der Waals surface area contributed by atoms with Crippen molar-refractivity contribution in [1.82, 2.24) is 29.3 Å². The van der Waals surface area contributed by atoms with Crippen molar-refractivity contribution in [2.45, 2.75) is 10.9 Å². The standard InChI is InChI=1S/C12H13N7O3S/c1-17(23(20,21)10-4-14-22-7-10)9-5-18(6-9)12-3-2-11-15-13-8-19(11)16-12/h2-4,7-9H,5-6H2,1H3. The van der Waals surface area contributed by atoms with Crippen LogP contribution in [0.4, 0.5) is 5.82 Å². The average Bonchev–Trinajstić information content (AvgIpc) is 3.16. The second-order valence-corrected chi connectivity index (χ2v) is 7.26. The van der Waals surface area contributed by atoms with Crippen molar-refractivity contribution in [3.8, 4) is 0 Å². The predicted molar refractivity (Wildman–Crippen MR) is 78.2 cm³/mol. The molecule has 0 saturated carbocycles. The molecule has 4 heterocycles. The minimum Gasteiger partial charge on any atom is -0.363 e. The quantitative estimate of drug-likeness (QED) is 0.635. The molecule has 0 N–H and O–H groups in total. The van der Waals surface area contributed by atoms with Crippen molar-refractivity contribution in [2.24, 2.45) is 0 Å². The van der Waals surface area contributed by atoms with Crippen LogP contribution in [0, 0.1) is 0 Å². The first-order valence-corrected chi connectivity index (χ1v) is 8.29. The summed E-state index contributed by atoms with van der Waals surface area (Å²) in [7, 11) is -2.03. The van der Waals surface area contributed by atoms with Gasteiger partial charge < -0.3 is 9.42 Å². The molecule has 0 atom stereocenters. The largest absolute Gasteiger partial charge is 0.363 e. The highest BCUT2D eigenvalue weighted by molar-refractivity contribution is 7.89. The molecule has 10 nitrogen and oxygen atoms in total. The van der Waals surface area contributed by atoms with E-state index < -0.39 is 10.0 Å². The normalized spacial score (nSPS) is 16.2. The Labute approximate surface area is 131 Å². The number of sulfonamides is 1. The van der Waals surface area contributed by atoms with Gasteiger partial charge in [-0.3, -0.25) is 0 Å². The topological polar surface area (TPSA) is 110 Å². The first-order valence-electron chi connectivity index (χ1n) is 6.85. The number of fused-ring (bicyclic) bond motifs is 1. The molecule has 0 radical (unpaired) electrons. The van der Waals surface area contributed by atoms with Gasteiger partial charge in [-0.25, -0.2) is 8.42 Å². The number of nitrogens with zero attached hydrogens (tertiary/aromatic N) is 7. The van der Waals surface area contributed by atoms with Crippen LogP contribution in [-0.2, 0) is 10.0 Å². The van der Waals surface area contributed by atoms with Gasteiger partial charge in [0.25, 0.3) is 0 Å². The zero-order valence-corrected chi connectivity index (χ0v) is 13.0. The molecule has 0 amide bonds. The molecule has 3 aromatic heterocycles. The monoisotopic (exact) mass is 335 g/mol. The van der Waals surface area contributed by atoms with Crippen LogP contribution < -0.4 is 4.90 Å². The van der Waals surface area contributed by atoms with Crippen LogP contribution in [-0.4, -0.2) is 63.9 Å². The Hall–Kier alpha value is -2.53. The Balaban J connectivity index is 1.48. The van der Waals surface area contributed by atoms with Crippen molar-refractivity contribution >= 4 is 21.5 Å². The zero-order chi connectivity index (χ0) is 16.0. The van der Waals surface area contributed by atoms with E-state index in [1.54, 1.807) is 11.6 Å². The molecule has 120 valence electrons. The van der Waals surface area contributed by atoms with Gasteiger partial charge >= 0.3 is 0 Å². The van der Waals surface area contributed by atoms with Crippen molar-refractivity contribution in [1.29, 1.82) is 0 Å². The van der Waals surface area contributed by atoms with E-state index >= 15 is 0 Å². The molecule has 4 rings (SSSR count). The van der Waals surface area contributed by atoms with Gasteiger partial charge in [-0.2, -0.15) is 8.82 Å². The molecule has 0 unspecified atom stereocenters. The predicted octanol–water partition coefficient (Wildman–Crippen LogP) is -0.378. The minimum absolute atomic E-state index is 0.0579. The summed E-state index contributed by atoms with van der Waals surface area (Å²) < 4.78 is 32.3. The molecule has 0 aliphatic carbocycles. The Morgan fingerprint density at radius 3 is 2.91 bits per heavy atom. The molecule has 3 aromatic rings. The third-order valence-electron chi connectivity index (χ3n) is 3.93. The molecule has 0 bridgehead atoms. The van der Waals surface area contributed by atoms with Crippen molar-refractivity contribution in [3.05, 3.63) is 30.9 Å². The summed E-state index contributed by atoms with van der Waals surface area (Å²) in [6.07, 6.45) is 3.85. The van der Waals surface area contributed by atoms with Gasteiger partial charge in [-0.15, -0.1) is 15.3 Å². The molecule has 11 heteroatoms. The second kappa shape index (κ2) is 4.99. The van der Waals surface area contributed by atoms with Gasteiger partial charge in [0, 0.05) is 20.1 Å². The van der Waals surface area contributed by atoms with E-state index in [9.17, 15) is 8.42 Å². The Morgan fingerprint density at radius 1 is 1.35 bits per heavy atom. The fraction of sp³-hybridized carbons (Fsp3) is 0.333. The number of aromatic nitrogens is 5. The van der Waals surface area contributed by atoms with Crippen LogP contribution >= 0.6 is 0 Å². The summed E-state index contributed by atoms with van der Waals surface area (Å²) in [6, 6.07) is 3.53. The molecule has 0 spiro atoms. The second-order valence-electron chi connectivity index (χ2n) is 5.27. The highest BCUT2D eigenvalue weighted by atomic mass is 32.2. The molecule has 1 aliphatic heterocycles. The van der Waals surface area contributed by atoms with Crippen LogP contribution in [0.15, 0.2) is 40.3 Å². The first-order chi connectivity index (χ1) is 11.1. The highest BCUT2D eigenvalue weighted by Gasteiger charge is 2.37. The number of rotatable bonds is 4. The maximum Gasteiger partial charge on any atom is 0.248 e. The van der Waals surface area contributed by atoms with E-state index in [1.165, 1.54) is 16.8 Å². The SMILES string of the molecule is CN(C1CN(c2ccc3nncn3n2)C1)S(=O)(=O)c1cnoc1.